The van der Waals surface area contributed by atoms with Crippen LogP contribution in [0.4, 0.5) is 0 Å². The predicted molar refractivity (Wildman–Crippen MR) is 76.4 cm³/mol. The van der Waals surface area contributed by atoms with Gasteiger partial charge in [0.25, 0.3) is 0 Å². The van der Waals surface area contributed by atoms with E-state index in [0.29, 0.717) is 12.6 Å². The molecule has 0 spiro atoms. The van der Waals surface area contributed by atoms with Crippen molar-refractivity contribution in [2.24, 2.45) is 0 Å². The van der Waals surface area contributed by atoms with Crippen LogP contribution in [0, 0.1) is 6.92 Å². The standard InChI is InChI=1S/C13H22N8/c1-3-4-7-20-13(16-18-19-20)8-14-11-5-6-12-15-10(2)17-21(12)9-11/h11,14H,3-9H2,1-2H3/t11-/m1/s1. The van der Waals surface area contributed by atoms with Crippen molar-refractivity contribution >= 4 is 0 Å². The summed E-state index contributed by atoms with van der Waals surface area (Å²) in [5.74, 6) is 2.86. The van der Waals surface area contributed by atoms with Crippen LogP contribution >= 0.6 is 0 Å². The number of aryl methyl sites for hydroxylation is 3. The maximum absolute atomic E-state index is 4.43. The van der Waals surface area contributed by atoms with E-state index in [4.69, 9.17) is 0 Å². The van der Waals surface area contributed by atoms with Crippen molar-refractivity contribution in [1.82, 2.24) is 40.3 Å². The molecular weight excluding hydrogens is 268 g/mol. The summed E-state index contributed by atoms with van der Waals surface area (Å²) in [6.07, 6.45) is 4.29. The maximum Gasteiger partial charge on any atom is 0.165 e. The minimum Gasteiger partial charge on any atom is -0.305 e. The second kappa shape index (κ2) is 6.30. The summed E-state index contributed by atoms with van der Waals surface area (Å²) in [6.45, 7) is 6.56. The minimum absolute atomic E-state index is 0.398. The average molecular weight is 290 g/mol. The van der Waals surface area contributed by atoms with E-state index in [1.165, 1.54) is 0 Å². The Morgan fingerprint density at radius 2 is 2.29 bits per heavy atom. The molecule has 8 nitrogen and oxygen atoms in total. The van der Waals surface area contributed by atoms with Crippen LogP contribution in [-0.2, 0) is 26.1 Å². The molecule has 0 radical (unpaired) electrons. The Kier molecular flexibility index (Phi) is 4.23. The lowest BCUT2D eigenvalue weighted by atomic mass is 10.1. The van der Waals surface area contributed by atoms with Gasteiger partial charge in [-0.15, -0.1) is 5.10 Å². The Morgan fingerprint density at radius 1 is 1.38 bits per heavy atom. The highest BCUT2D eigenvalue weighted by molar-refractivity contribution is 4.97. The van der Waals surface area contributed by atoms with Gasteiger partial charge >= 0.3 is 0 Å². The molecule has 1 aliphatic rings. The second-order valence-corrected chi connectivity index (χ2v) is 5.55. The monoisotopic (exact) mass is 290 g/mol. The normalized spacial score (nSPS) is 17.9. The number of hydrogen-bond donors (Lipinski definition) is 1. The summed E-state index contributed by atoms with van der Waals surface area (Å²) in [5, 5.41) is 19.9. The van der Waals surface area contributed by atoms with Gasteiger partial charge in [0.2, 0.25) is 0 Å². The van der Waals surface area contributed by atoms with E-state index in [1.54, 1.807) is 0 Å². The van der Waals surface area contributed by atoms with Crippen LogP contribution in [0.2, 0.25) is 0 Å². The fourth-order valence-corrected chi connectivity index (χ4v) is 2.67. The van der Waals surface area contributed by atoms with Crippen molar-refractivity contribution in [2.45, 2.75) is 65.2 Å². The molecule has 114 valence electrons. The van der Waals surface area contributed by atoms with Gasteiger partial charge in [0.05, 0.1) is 13.1 Å². The van der Waals surface area contributed by atoms with Gasteiger partial charge in [-0.25, -0.2) is 14.3 Å². The first-order chi connectivity index (χ1) is 10.3. The molecule has 0 saturated heterocycles. The number of tetrazole rings is 1. The lowest BCUT2D eigenvalue weighted by molar-refractivity contribution is 0.351. The zero-order chi connectivity index (χ0) is 14.7. The molecule has 0 bridgehead atoms. The van der Waals surface area contributed by atoms with E-state index in [1.807, 2.05) is 16.3 Å². The zero-order valence-electron chi connectivity index (χ0n) is 12.7. The number of hydrogen-bond acceptors (Lipinski definition) is 6. The van der Waals surface area contributed by atoms with E-state index in [2.05, 4.69) is 37.8 Å². The lowest BCUT2D eigenvalue weighted by Gasteiger charge is -2.23. The van der Waals surface area contributed by atoms with Crippen molar-refractivity contribution in [3.05, 3.63) is 17.5 Å². The van der Waals surface area contributed by atoms with Gasteiger partial charge in [0.1, 0.15) is 11.6 Å². The van der Waals surface area contributed by atoms with Gasteiger partial charge in [-0.05, 0) is 30.2 Å². The van der Waals surface area contributed by atoms with E-state index in [9.17, 15) is 0 Å². The van der Waals surface area contributed by atoms with Crippen LogP contribution in [0.5, 0.6) is 0 Å². The van der Waals surface area contributed by atoms with Crippen LogP contribution < -0.4 is 5.32 Å². The Morgan fingerprint density at radius 3 is 3.14 bits per heavy atom. The highest BCUT2D eigenvalue weighted by Crippen LogP contribution is 2.13. The molecular formula is C13H22N8. The molecule has 0 aromatic carbocycles. The first-order valence-electron chi connectivity index (χ1n) is 7.65. The van der Waals surface area contributed by atoms with Crippen molar-refractivity contribution in [3.8, 4) is 0 Å². The Bertz CT molecular complexity index is 587. The number of unbranched alkanes of at least 4 members (excludes halogenated alkanes) is 1. The topological polar surface area (TPSA) is 86.3 Å². The van der Waals surface area contributed by atoms with Crippen LogP contribution in [0.3, 0.4) is 0 Å². The van der Waals surface area contributed by atoms with Gasteiger partial charge in [0.15, 0.2) is 5.82 Å². The number of nitrogens with one attached hydrogen (secondary N) is 1. The number of nitrogens with zero attached hydrogens (tertiary/aromatic N) is 7. The third-order valence-electron chi connectivity index (χ3n) is 3.84. The van der Waals surface area contributed by atoms with Crippen molar-refractivity contribution in [3.63, 3.8) is 0 Å². The van der Waals surface area contributed by atoms with Crippen molar-refractivity contribution in [2.75, 3.05) is 0 Å². The summed E-state index contributed by atoms with van der Waals surface area (Å²) in [4.78, 5) is 4.43. The summed E-state index contributed by atoms with van der Waals surface area (Å²) in [5.41, 5.74) is 0. The minimum atomic E-state index is 0.398. The smallest absolute Gasteiger partial charge is 0.165 e. The molecule has 8 heteroatoms. The molecule has 3 rings (SSSR count). The average Bonchev–Trinajstić information content (AvgIpc) is 3.07. The van der Waals surface area contributed by atoms with Crippen LogP contribution in [0.25, 0.3) is 0 Å². The Hall–Kier alpha value is -1.83. The van der Waals surface area contributed by atoms with E-state index in [-0.39, 0.29) is 0 Å². The summed E-state index contributed by atoms with van der Waals surface area (Å²) in [7, 11) is 0. The quantitative estimate of drug-likeness (QED) is 0.832. The number of rotatable bonds is 6. The number of aromatic nitrogens is 7. The van der Waals surface area contributed by atoms with Gasteiger partial charge in [-0.3, -0.25) is 0 Å². The van der Waals surface area contributed by atoms with Crippen LogP contribution in [0.1, 0.15) is 43.7 Å². The van der Waals surface area contributed by atoms with Gasteiger partial charge in [0, 0.05) is 19.0 Å². The van der Waals surface area contributed by atoms with Crippen molar-refractivity contribution < 1.29 is 0 Å². The fourth-order valence-electron chi connectivity index (χ4n) is 2.67. The number of fused-ring (bicyclic) bond motifs is 1. The molecule has 2 aromatic heterocycles. The van der Waals surface area contributed by atoms with E-state index < -0.39 is 0 Å². The Labute approximate surface area is 123 Å². The predicted octanol–water partition coefficient (Wildman–Crippen LogP) is 0.478. The highest BCUT2D eigenvalue weighted by atomic mass is 15.5. The fraction of sp³-hybridized carbons (Fsp3) is 0.769. The second-order valence-electron chi connectivity index (χ2n) is 5.55. The van der Waals surface area contributed by atoms with Gasteiger partial charge < -0.3 is 5.32 Å². The van der Waals surface area contributed by atoms with E-state index >= 15 is 0 Å². The highest BCUT2D eigenvalue weighted by Gasteiger charge is 2.21. The van der Waals surface area contributed by atoms with Crippen LogP contribution in [0.15, 0.2) is 0 Å². The summed E-state index contributed by atoms with van der Waals surface area (Å²) in [6, 6.07) is 0.398. The SMILES string of the molecule is CCCCn1nnnc1CN[C@@H]1CCc2nc(C)nn2C1. The lowest BCUT2D eigenvalue weighted by Crippen LogP contribution is -2.38. The third kappa shape index (κ3) is 3.26. The molecule has 0 unspecified atom stereocenters. The summed E-state index contributed by atoms with van der Waals surface area (Å²) >= 11 is 0. The van der Waals surface area contributed by atoms with Gasteiger partial charge in [-0.1, -0.05) is 13.3 Å². The first-order valence-corrected chi connectivity index (χ1v) is 7.65. The third-order valence-corrected chi connectivity index (χ3v) is 3.84. The molecule has 1 N–H and O–H groups in total. The summed E-state index contributed by atoms with van der Waals surface area (Å²) < 4.78 is 3.90. The molecule has 1 atom stereocenters. The largest absolute Gasteiger partial charge is 0.305 e. The molecule has 1 aliphatic heterocycles. The first kappa shape index (κ1) is 14.1. The Balaban J connectivity index is 1.55. The molecule has 2 aromatic rings. The molecule has 0 aliphatic carbocycles. The molecule has 0 saturated carbocycles. The molecule has 0 amide bonds. The van der Waals surface area contributed by atoms with Gasteiger partial charge in [-0.2, -0.15) is 5.10 Å². The van der Waals surface area contributed by atoms with E-state index in [0.717, 1.165) is 56.2 Å². The van der Waals surface area contributed by atoms with Crippen molar-refractivity contribution in [1.29, 1.82) is 0 Å². The maximum atomic E-state index is 4.43. The zero-order valence-corrected chi connectivity index (χ0v) is 12.7. The van der Waals surface area contributed by atoms with Crippen LogP contribution in [-0.4, -0.2) is 41.0 Å². The molecule has 21 heavy (non-hydrogen) atoms. The molecule has 3 heterocycles. The molecule has 0 fully saturated rings.